The Morgan fingerprint density at radius 2 is 1.74 bits per heavy atom. The quantitative estimate of drug-likeness (QED) is 0.849. The van der Waals surface area contributed by atoms with Crippen LogP contribution in [0.3, 0.4) is 0 Å². The monoisotopic (exact) mass is 323 g/mol. The summed E-state index contributed by atoms with van der Waals surface area (Å²) >= 11 is 0. The number of hydrogen-bond donors (Lipinski definition) is 0. The lowest BCUT2D eigenvalue weighted by Crippen LogP contribution is -2.29. The zero-order valence-corrected chi connectivity index (χ0v) is 12.6. The van der Waals surface area contributed by atoms with Gasteiger partial charge in [0.05, 0.1) is 17.4 Å². The molecule has 23 heavy (non-hydrogen) atoms. The molecule has 7 heteroatoms. The lowest BCUT2D eigenvalue weighted by Gasteiger charge is -2.17. The fraction of sp³-hybridized carbons (Fsp3) is 0.375. The average molecular weight is 323 g/mol. The molecule has 0 spiro atoms. The molecular formula is C16H16F3N3O. The highest BCUT2D eigenvalue weighted by Crippen LogP contribution is 2.34. The van der Waals surface area contributed by atoms with E-state index in [1.165, 1.54) is 4.90 Å². The number of benzene rings is 1. The van der Waals surface area contributed by atoms with E-state index in [2.05, 4.69) is 5.10 Å². The summed E-state index contributed by atoms with van der Waals surface area (Å²) in [4.78, 5) is 13.8. The summed E-state index contributed by atoms with van der Waals surface area (Å²) in [5, 5.41) is 3.82. The largest absolute Gasteiger partial charge is 0.434 e. The van der Waals surface area contributed by atoms with Gasteiger partial charge in [0.15, 0.2) is 5.69 Å². The average Bonchev–Trinajstić information content (AvgIpc) is 3.16. The molecule has 0 saturated carbocycles. The number of alkyl halides is 3. The van der Waals surface area contributed by atoms with E-state index in [-0.39, 0.29) is 11.3 Å². The van der Waals surface area contributed by atoms with Crippen LogP contribution in [0, 0.1) is 6.92 Å². The molecule has 1 aromatic carbocycles. The second-order valence-corrected chi connectivity index (χ2v) is 5.65. The van der Waals surface area contributed by atoms with E-state index in [9.17, 15) is 18.0 Å². The van der Waals surface area contributed by atoms with Crippen LogP contribution >= 0.6 is 0 Å². The molecule has 0 radical (unpaired) electrons. The molecule has 4 nitrogen and oxygen atoms in total. The Kier molecular flexibility index (Phi) is 3.87. The molecule has 1 amide bonds. The number of hydrogen-bond acceptors (Lipinski definition) is 2. The number of aromatic nitrogens is 2. The van der Waals surface area contributed by atoms with Crippen molar-refractivity contribution in [1.29, 1.82) is 0 Å². The van der Waals surface area contributed by atoms with Gasteiger partial charge in [-0.2, -0.15) is 18.3 Å². The van der Waals surface area contributed by atoms with Gasteiger partial charge in [-0.3, -0.25) is 4.79 Å². The molecule has 3 rings (SSSR count). The van der Waals surface area contributed by atoms with Crippen molar-refractivity contribution >= 4 is 5.91 Å². The van der Waals surface area contributed by atoms with Gasteiger partial charge in [-0.25, -0.2) is 4.68 Å². The first-order valence-corrected chi connectivity index (χ1v) is 7.39. The Balaban J connectivity index is 2.07. The number of rotatable bonds is 2. The highest BCUT2D eigenvalue weighted by molar-refractivity contribution is 5.95. The Morgan fingerprint density at radius 1 is 1.13 bits per heavy atom. The van der Waals surface area contributed by atoms with Crippen molar-refractivity contribution in [3.05, 3.63) is 47.3 Å². The van der Waals surface area contributed by atoms with E-state index in [1.807, 2.05) is 6.92 Å². The lowest BCUT2D eigenvalue weighted by atomic mass is 10.2. The normalized spacial score (nSPS) is 15.2. The number of nitrogens with zero attached hydrogens (tertiary/aromatic N) is 3. The van der Waals surface area contributed by atoms with Gasteiger partial charge >= 0.3 is 6.18 Å². The number of carbonyl (C=O) groups excluding carboxylic acids is 1. The van der Waals surface area contributed by atoms with Gasteiger partial charge in [0.1, 0.15) is 0 Å². The number of halogens is 3. The molecule has 0 N–H and O–H groups in total. The van der Waals surface area contributed by atoms with E-state index >= 15 is 0 Å². The Labute approximate surface area is 131 Å². The topological polar surface area (TPSA) is 38.1 Å². The maximum Gasteiger partial charge on any atom is 0.434 e. The van der Waals surface area contributed by atoms with Crippen LogP contribution in [0.2, 0.25) is 0 Å². The van der Waals surface area contributed by atoms with E-state index < -0.39 is 17.8 Å². The highest BCUT2D eigenvalue weighted by Gasteiger charge is 2.41. The Hall–Kier alpha value is -2.31. The van der Waals surface area contributed by atoms with Gasteiger partial charge in [-0.05, 0) is 31.9 Å². The van der Waals surface area contributed by atoms with Crippen molar-refractivity contribution in [1.82, 2.24) is 14.7 Å². The molecular weight excluding hydrogens is 307 g/mol. The number of amides is 1. The minimum Gasteiger partial charge on any atom is -0.339 e. The van der Waals surface area contributed by atoms with E-state index in [0.717, 1.165) is 29.3 Å². The second kappa shape index (κ2) is 5.72. The maximum atomic E-state index is 13.5. The van der Waals surface area contributed by atoms with Crippen molar-refractivity contribution in [2.45, 2.75) is 25.9 Å². The highest BCUT2D eigenvalue weighted by atomic mass is 19.4. The first-order valence-electron chi connectivity index (χ1n) is 7.39. The molecule has 2 heterocycles. The molecule has 0 atom stereocenters. The van der Waals surface area contributed by atoms with Crippen molar-refractivity contribution in [3.63, 3.8) is 0 Å². The third-order valence-corrected chi connectivity index (χ3v) is 3.94. The smallest absolute Gasteiger partial charge is 0.339 e. The van der Waals surface area contributed by atoms with Gasteiger partial charge < -0.3 is 4.90 Å². The summed E-state index contributed by atoms with van der Waals surface area (Å²) in [5.41, 5.74) is -0.190. The van der Waals surface area contributed by atoms with Gasteiger partial charge in [-0.1, -0.05) is 17.7 Å². The second-order valence-electron chi connectivity index (χ2n) is 5.65. The Morgan fingerprint density at radius 3 is 2.30 bits per heavy atom. The zero-order chi connectivity index (χ0) is 16.6. The summed E-state index contributed by atoms with van der Waals surface area (Å²) in [6.45, 7) is 2.83. The minimum absolute atomic E-state index is 0.281. The molecule has 1 saturated heterocycles. The van der Waals surface area contributed by atoms with Gasteiger partial charge in [0.25, 0.3) is 5.91 Å². The van der Waals surface area contributed by atoms with E-state index in [1.54, 1.807) is 24.3 Å². The number of carbonyl (C=O) groups is 1. The van der Waals surface area contributed by atoms with E-state index in [4.69, 9.17) is 0 Å². The van der Waals surface area contributed by atoms with E-state index in [0.29, 0.717) is 13.1 Å². The van der Waals surface area contributed by atoms with Crippen LogP contribution in [-0.4, -0.2) is 33.7 Å². The van der Waals surface area contributed by atoms with Gasteiger partial charge in [0.2, 0.25) is 0 Å². The predicted molar refractivity (Wildman–Crippen MR) is 78.4 cm³/mol. The SMILES string of the molecule is Cc1ccc(-n2ncc(C(=O)N3CCCC3)c2C(F)(F)F)cc1. The van der Waals surface area contributed by atoms with Crippen molar-refractivity contribution < 1.29 is 18.0 Å². The standard InChI is InChI=1S/C16H16F3N3O/c1-11-4-6-12(7-5-11)22-14(16(17,18)19)13(10-20-22)15(23)21-8-2-3-9-21/h4-7,10H,2-3,8-9H2,1H3. The first-order chi connectivity index (χ1) is 10.9. The van der Waals surface area contributed by atoms with Crippen LogP contribution in [0.4, 0.5) is 13.2 Å². The summed E-state index contributed by atoms with van der Waals surface area (Å²) in [5.74, 6) is -0.604. The maximum absolute atomic E-state index is 13.5. The molecule has 2 aromatic rings. The van der Waals surface area contributed by atoms with Crippen LogP contribution in [0.1, 0.15) is 34.5 Å². The van der Waals surface area contributed by atoms with Gasteiger partial charge in [-0.15, -0.1) is 0 Å². The van der Waals surface area contributed by atoms with Crippen molar-refractivity contribution in [2.24, 2.45) is 0 Å². The first kappa shape index (κ1) is 15.6. The Bertz CT molecular complexity index is 713. The lowest BCUT2D eigenvalue weighted by molar-refractivity contribution is -0.143. The summed E-state index contributed by atoms with van der Waals surface area (Å²) in [7, 11) is 0. The van der Waals surface area contributed by atoms with Crippen LogP contribution in [0.25, 0.3) is 5.69 Å². The molecule has 0 unspecified atom stereocenters. The van der Waals surface area contributed by atoms with Crippen molar-refractivity contribution in [2.75, 3.05) is 13.1 Å². The number of likely N-dealkylation sites (tertiary alicyclic amines) is 1. The van der Waals surface area contributed by atoms with Crippen LogP contribution in [-0.2, 0) is 6.18 Å². The molecule has 1 fully saturated rings. The fourth-order valence-electron chi connectivity index (χ4n) is 2.75. The molecule has 1 aliphatic heterocycles. The summed E-state index contributed by atoms with van der Waals surface area (Å²) in [6.07, 6.45) is -2.01. The van der Waals surface area contributed by atoms with Gasteiger partial charge in [0, 0.05) is 13.1 Å². The molecule has 122 valence electrons. The predicted octanol–water partition coefficient (Wildman–Crippen LogP) is 3.44. The fourth-order valence-corrected chi connectivity index (χ4v) is 2.75. The van der Waals surface area contributed by atoms with Crippen LogP contribution in [0.5, 0.6) is 0 Å². The van der Waals surface area contributed by atoms with Crippen LogP contribution < -0.4 is 0 Å². The van der Waals surface area contributed by atoms with Crippen LogP contribution in [0.15, 0.2) is 30.5 Å². The third kappa shape index (κ3) is 2.95. The summed E-state index contributed by atoms with van der Waals surface area (Å²) in [6, 6.07) is 6.53. The molecule has 1 aromatic heterocycles. The number of aryl methyl sites for hydroxylation is 1. The summed E-state index contributed by atoms with van der Waals surface area (Å²) < 4.78 is 41.4. The molecule has 1 aliphatic rings. The molecule has 0 aliphatic carbocycles. The van der Waals surface area contributed by atoms with Crippen molar-refractivity contribution in [3.8, 4) is 5.69 Å². The molecule has 0 bridgehead atoms. The zero-order valence-electron chi connectivity index (χ0n) is 12.6. The minimum atomic E-state index is -4.66. The third-order valence-electron chi connectivity index (χ3n) is 3.94.